The number of hydrogen-bond acceptors (Lipinski definition) is 3. The minimum atomic E-state index is -0.169. The molecule has 0 radical (unpaired) electrons. The van der Waals surface area contributed by atoms with Gasteiger partial charge in [0.2, 0.25) is 0 Å². The second-order valence-corrected chi connectivity index (χ2v) is 5.51. The van der Waals surface area contributed by atoms with Crippen LogP contribution in [0.15, 0.2) is 30.5 Å². The van der Waals surface area contributed by atoms with E-state index in [0.29, 0.717) is 23.2 Å². The van der Waals surface area contributed by atoms with E-state index < -0.39 is 0 Å². The Labute approximate surface area is 124 Å². The molecule has 1 heterocycles. The summed E-state index contributed by atoms with van der Waals surface area (Å²) < 4.78 is 7.27. The molecular formula is C15H20ClN3O. The second-order valence-electron chi connectivity index (χ2n) is 5.08. The lowest BCUT2D eigenvalue weighted by atomic mass is 10.0. The molecule has 0 amide bonds. The minimum absolute atomic E-state index is 0.169. The Morgan fingerprint density at radius 2 is 2.10 bits per heavy atom. The van der Waals surface area contributed by atoms with Gasteiger partial charge in [0.1, 0.15) is 5.75 Å². The van der Waals surface area contributed by atoms with E-state index in [0.717, 1.165) is 11.3 Å². The Morgan fingerprint density at radius 1 is 1.35 bits per heavy atom. The van der Waals surface area contributed by atoms with Crippen LogP contribution in [-0.2, 0) is 6.42 Å². The lowest BCUT2D eigenvalue weighted by Crippen LogP contribution is -2.15. The summed E-state index contributed by atoms with van der Waals surface area (Å²) in [5.74, 6) is 0.716. The predicted octanol–water partition coefficient (Wildman–Crippen LogP) is 3.37. The van der Waals surface area contributed by atoms with Crippen LogP contribution in [0.1, 0.15) is 37.2 Å². The Bertz CT molecular complexity index is 580. The molecule has 4 nitrogen and oxygen atoms in total. The van der Waals surface area contributed by atoms with Gasteiger partial charge in [-0.1, -0.05) is 17.7 Å². The smallest absolute Gasteiger partial charge is 0.125 e. The fourth-order valence-electron chi connectivity index (χ4n) is 2.10. The number of halogens is 1. The van der Waals surface area contributed by atoms with Crippen LogP contribution >= 0.6 is 11.6 Å². The molecule has 0 fully saturated rings. The van der Waals surface area contributed by atoms with Gasteiger partial charge >= 0.3 is 0 Å². The van der Waals surface area contributed by atoms with Gasteiger partial charge in [-0.2, -0.15) is 5.10 Å². The van der Waals surface area contributed by atoms with Gasteiger partial charge in [-0.25, -0.2) is 0 Å². The number of nitrogens with two attached hydrogens (primary N) is 1. The molecule has 0 saturated carbocycles. The molecule has 2 aromatic rings. The van der Waals surface area contributed by atoms with Gasteiger partial charge in [0.25, 0.3) is 0 Å². The molecule has 20 heavy (non-hydrogen) atoms. The van der Waals surface area contributed by atoms with Gasteiger partial charge in [0.15, 0.2) is 0 Å². The summed E-state index contributed by atoms with van der Waals surface area (Å²) in [5, 5.41) is 5.16. The van der Waals surface area contributed by atoms with E-state index in [1.54, 1.807) is 13.2 Å². The lowest BCUT2D eigenvalue weighted by Gasteiger charge is -2.15. The molecule has 108 valence electrons. The number of hydrogen-bond donors (Lipinski definition) is 1. The summed E-state index contributed by atoms with van der Waals surface area (Å²) in [4.78, 5) is 0. The summed E-state index contributed by atoms with van der Waals surface area (Å²) in [7, 11) is 1.62. The molecule has 1 unspecified atom stereocenters. The van der Waals surface area contributed by atoms with Crippen LogP contribution in [0.4, 0.5) is 0 Å². The fourth-order valence-corrected chi connectivity index (χ4v) is 2.26. The van der Waals surface area contributed by atoms with Crippen LogP contribution in [0, 0.1) is 0 Å². The Morgan fingerprint density at radius 3 is 2.70 bits per heavy atom. The van der Waals surface area contributed by atoms with Crippen molar-refractivity contribution in [3.8, 4) is 5.75 Å². The van der Waals surface area contributed by atoms with Crippen LogP contribution in [0.3, 0.4) is 0 Å². The number of methoxy groups -OCH3 is 1. The number of rotatable bonds is 5. The Kier molecular flexibility index (Phi) is 4.68. The zero-order valence-corrected chi connectivity index (χ0v) is 12.8. The summed E-state index contributed by atoms with van der Waals surface area (Å²) in [6.45, 7) is 4.19. The zero-order valence-electron chi connectivity index (χ0n) is 12.0. The Balaban J connectivity index is 2.16. The number of benzene rings is 1. The molecule has 0 bridgehead atoms. The van der Waals surface area contributed by atoms with Crippen molar-refractivity contribution in [3.05, 3.63) is 46.7 Å². The van der Waals surface area contributed by atoms with Crippen LogP contribution in [0.2, 0.25) is 5.02 Å². The molecule has 2 N–H and O–H groups in total. The molecular weight excluding hydrogens is 274 g/mol. The zero-order chi connectivity index (χ0) is 14.7. The largest absolute Gasteiger partial charge is 0.496 e. The third kappa shape index (κ3) is 3.32. The number of aromatic nitrogens is 2. The van der Waals surface area contributed by atoms with Gasteiger partial charge in [0, 0.05) is 35.3 Å². The van der Waals surface area contributed by atoms with Gasteiger partial charge in [-0.05, 0) is 32.0 Å². The van der Waals surface area contributed by atoms with Crippen LogP contribution in [-0.4, -0.2) is 16.9 Å². The minimum Gasteiger partial charge on any atom is -0.496 e. The molecule has 5 heteroatoms. The van der Waals surface area contributed by atoms with Crippen molar-refractivity contribution < 1.29 is 4.74 Å². The molecule has 0 aliphatic heterocycles. The van der Waals surface area contributed by atoms with Crippen LogP contribution < -0.4 is 10.5 Å². The van der Waals surface area contributed by atoms with E-state index in [1.807, 2.05) is 29.1 Å². The topological polar surface area (TPSA) is 53.1 Å². The van der Waals surface area contributed by atoms with Crippen molar-refractivity contribution in [2.24, 2.45) is 5.73 Å². The van der Waals surface area contributed by atoms with Crippen molar-refractivity contribution >= 4 is 11.6 Å². The predicted molar refractivity (Wildman–Crippen MR) is 81.2 cm³/mol. The van der Waals surface area contributed by atoms with E-state index >= 15 is 0 Å². The highest BCUT2D eigenvalue weighted by Gasteiger charge is 2.14. The van der Waals surface area contributed by atoms with E-state index in [1.165, 1.54) is 0 Å². The molecule has 1 atom stereocenters. The molecule has 2 rings (SSSR count). The highest BCUT2D eigenvalue weighted by Crippen LogP contribution is 2.28. The molecule has 1 aromatic carbocycles. The van der Waals surface area contributed by atoms with Crippen molar-refractivity contribution in [2.45, 2.75) is 32.4 Å². The van der Waals surface area contributed by atoms with E-state index in [9.17, 15) is 0 Å². The number of ether oxygens (including phenoxy) is 1. The van der Waals surface area contributed by atoms with Gasteiger partial charge < -0.3 is 10.5 Å². The normalized spacial score (nSPS) is 12.7. The number of nitrogens with zero attached hydrogens (tertiary/aromatic N) is 2. The molecule has 1 aromatic heterocycles. The summed E-state index contributed by atoms with van der Waals surface area (Å²) in [6, 6.07) is 7.70. The monoisotopic (exact) mass is 293 g/mol. The van der Waals surface area contributed by atoms with Gasteiger partial charge in [-0.15, -0.1) is 0 Å². The second kappa shape index (κ2) is 6.29. The summed E-state index contributed by atoms with van der Waals surface area (Å²) in [5.41, 5.74) is 8.18. The molecule has 0 aliphatic carbocycles. The first-order valence-electron chi connectivity index (χ1n) is 6.64. The van der Waals surface area contributed by atoms with Gasteiger partial charge in [-0.3, -0.25) is 4.68 Å². The maximum Gasteiger partial charge on any atom is 0.125 e. The quantitative estimate of drug-likeness (QED) is 0.919. The SMILES string of the molecule is COc1cc(Cl)ccc1C(N)Cc1ccn(C(C)C)n1. The van der Waals surface area contributed by atoms with Crippen LogP contribution in [0.5, 0.6) is 5.75 Å². The van der Waals surface area contributed by atoms with E-state index in [-0.39, 0.29) is 6.04 Å². The van der Waals surface area contributed by atoms with Gasteiger partial charge in [0.05, 0.1) is 12.8 Å². The summed E-state index contributed by atoms with van der Waals surface area (Å²) >= 11 is 5.96. The first kappa shape index (κ1) is 14.9. The maximum atomic E-state index is 6.27. The first-order chi connectivity index (χ1) is 9.51. The lowest BCUT2D eigenvalue weighted by molar-refractivity contribution is 0.405. The van der Waals surface area contributed by atoms with Crippen molar-refractivity contribution in [1.82, 2.24) is 9.78 Å². The van der Waals surface area contributed by atoms with E-state index in [2.05, 4.69) is 18.9 Å². The first-order valence-corrected chi connectivity index (χ1v) is 7.02. The highest BCUT2D eigenvalue weighted by atomic mass is 35.5. The molecule has 0 spiro atoms. The molecule has 0 saturated heterocycles. The fraction of sp³-hybridized carbons (Fsp3) is 0.400. The van der Waals surface area contributed by atoms with Crippen molar-refractivity contribution in [2.75, 3.05) is 7.11 Å². The van der Waals surface area contributed by atoms with Crippen molar-refractivity contribution in [3.63, 3.8) is 0 Å². The summed E-state index contributed by atoms with van der Waals surface area (Å²) in [6.07, 6.45) is 2.64. The van der Waals surface area contributed by atoms with E-state index in [4.69, 9.17) is 22.1 Å². The average molecular weight is 294 g/mol. The maximum absolute atomic E-state index is 6.27. The molecule has 0 aliphatic rings. The standard InChI is InChI=1S/C15H20ClN3O/c1-10(2)19-7-6-12(18-19)9-14(17)13-5-4-11(16)8-15(13)20-3/h4-8,10,14H,9,17H2,1-3H3. The van der Waals surface area contributed by atoms with Crippen molar-refractivity contribution in [1.29, 1.82) is 0 Å². The average Bonchev–Trinajstić information content (AvgIpc) is 2.87. The third-order valence-corrected chi connectivity index (χ3v) is 3.45. The Hall–Kier alpha value is -1.52. The third-order valence-electron chi connectivity index (χ3n) is 3.22. The van der Waals surface area contributed by atoms with Crippen LogP contribution in [0.25, 0.3) is 0 Å². The highest BCUT2D eigenvalue weighted by molar-refractivity contribution is 6.30.